The molecular weight excluding hydrogens is 178 g/mol. The number of likely N-dealkylation sites (tertiary alicyclic amines) is 1. The van der Waals surface area contributed by atoms with E-state index < -0.39 is 5.97 Å². The van der Waals surface area contributed by atoms with Gasteiger partial charge in [0.15, 0.2) is 0 Å². The van der Waals surface area contributed by atoms with Crippen LogP contribution in [0, 0.1) is 11.8 Å². The molecule has 1 N–H and O–H groups in total. The number of carbonyl (C=O) groups is 1. The molecule has 3 nitrogen and oxygen atoms in total. The average Bonchev–Trinajstić information content (AvgIpc) is 2.42. The van der Waals surface area contributed by atoms with Crippen molar-refractivity contribution < 1.29 is 9.90 Å². The van der Waals surface area contributed by atoms with Crippen molar-refractivity contribution in [2.75, 3.05) is 19.6 Å². The highest BCUT2D eigenvalue weighted by molar-refractivity contribution is 5.85. The van der Waals surface area contributed by atoms with E-state index >= 15 is 0 Å². The van der Waals surface area contributed by atoms with Gasteiger partial charge in [-0.3, -0.25) is 4.90 Å². The molecule has 0 spiro atoms. The van der Waals surface area contributed by atoms with Crippen molar-refractivity contribution in [1.29, 1.82) is 0 Å². The van der Waals surface area contributed by atoms with Gasteiger partial charge in [0.25, 0.3) is 0 Å². The summed E-state index contributed by atoms with van der Waals surface area (Å²) in [5, 5.41) is 8.67. The number of hydrogen-bond acceptors (Lipinski definition) is 2. The molecular formula is C11H19NO2. The topological polar surface area (TPSA) is 40.5 Å². The smallest absolute Gasteiger partial charge is 0.330 e. The van der Waals surface area contributed by atoms with Crippen LogP contribution in [-0.4, -0.2) is 35.6 Å². The molecule has 1 fully saturated rings. The zero-order valence-corrected chi connectivity index (χ0v) is 9.16. The van der Waals surface area contributed by atoms with Crippen LogP contribution < -0.4 is 0 Å². The summed E-state index contributed by atoms with van der Waals surface area (Å²) in [6.07, 6.45) is 1.80. The third-order valence-corrected chi connectivity index (χ3v) is 3.06. The predicted octanol–water partition coefficient (Wildman–Crippen LogP) is 1.61. The Balaban J connectivity index is 2.40. The Morgan fingerprint density at radius 1 is 1.43 bits per heavy atom. The quantitative estimate of drug-likeness (QED) is 0.699. The Kier molecular flexibility index (Phi) is 3.69. The lowest BCUT2D eigenvalue weighted by Gasteiger charge is -2.12. The maximum Gasteiger partial charge on any atom is 0.330 e. The molecule has 0 bridgehead atoms. The predicted molar refractivity (Wildman–Crippen MR) is 56.2 cm³/mol. The van der Waals surface area contributed by atoms with Crippen molar-refractivity contribution in [3.8, 4) is 0 Å². The van der Waals surface area contributed by atoms with E-state index in [0.29, 0.717) is 5.57 Å². The summed E-state index contributed by atoms with van der Waals surface area (Å²) >= 11 is 0. The summed E-state index contributed by atoms with van der Waals surface area (Å²) < 4.78 is 0. The van der Waals surface area contributed by atoms with Crippen molar-refractivity contribution in [2.45, 2.75) is 20.8 Å². The highest BCUT2D eigenvalue weighted by Gasteiger charge is 2.24. The largest absolute Gasteiger partial charge is 0.478 e. The molecule has 1 heterocycles. The molecule has 1 rings (SSSR count). The highest BCUT2D eigenvalue weighted by atomic mass is 16.4. The maximum atomic E-state index is 10.5. The lowest BCUT2D eigenvalue weighted by Crippen LogP contribution is -2.21. The van der Waals surface area contributed by atoms with E-state index in [2.05, 4.69) is 18.7 Å². The van der Waals surface area contributed by atoms with Crippen LogP contribution >= 0.6 is 0 Å². The Hall–Kier alpha value is -0.830. The lowest BCUT2D eigenvalue weighted by atomic mass is 10.0. The molecule has 2 unspecified atom stereocenters. The van der Waals surface area contributed by atoms with Gasteiger partial charge in [-0.05, 0) is 18.8 Å². The molecule has 0 aromatic rings. The van der Waals surface area contributed by atoms with Crippen LogP contribution in [-0.2, 0) is 4.79 Å². The number of hydrogen-bond donors (Lipinski definition) is 1. The van der Waals surface area contributed by atoms with E-state index in [-0.39, 0.29) is 0 Å². The maximum absolute atomic E-state index is 10.5. The Morgan fingerprint density at radius 2 is 1.93 bits per heavy atom. The van der Waals surface area contributed by atoms with Crippen LogP contribution in [0.2, 0.25) is 0 Å². The first-order valence-corrected chi connectivity index (χ1v) is 5.13. The van der Waals surface area contributed by atoms with E-state index in [1.165, 1.54) is 0 Å². The molecule has 1 aliphatic heterocycles. The van der Waals surface area contributed by atoms with Crippen LogP contribution in [0.3, 0.4) is 0 Å². The summed E-state index contributed by atoms with van der Waals surface area (Å²) in [6.45, 7) is 9.09. The zero-order valence-electron chi connectivity index (χ0n) is 9.16. The minimum absolute atomic E-state index is 0.442. The second-order valence-corrected chi connectivity index (χ2v) is 4.37. The van der Waals surface area contributed by atoms with Crippen LogP contribution in [0.4, 0.5) is 0 Å². The number of nitrogens with zero attached hydrogens (tertiary/aromatic N) is 1. The summed E-state index contributed by atoms with van der Waals surface area (Å²) in [7, 11) is 0. The van der Waals surface area contributed by atoms with E-state index in [9.17, 15) is 4.79 Å². The van der Waals surface area contributed by atoms with Gasteiger partial charge in [0, 0.05) is 25.2 Å². The molecule has 0 aromatic heterocycles. The van der Waals surface area contributed by atoms with E-state index in [4.69, 9.17) is 5.11 Å². The van der Waals surface area contributed by atoms with Crippen molar-refractivity contribution in [1.82, 2.24) is 4.90 Å². The van der Waals surface area contributed by atoms with Gasteiger partial charge in [-0.15, -0.1) is 0 Å². The first-order chi connectivity index (χ1) is 6.50. The molecule has 3 heteroatoms. The number of carboxylic acids is 1. The van der Waals surface area contributed by atoms with Crippen LogP contribution in [0.1, 0.15) is 20.8 Å². The molecule has 0 amide bonds. The molecule has 0 radical (unpaired) electrons. The Labute approximate surface area is 85.4 Å². The highest BCUT2D eigenvalue weighted by Crippen LogP contribution is 2.21. The normalized spacial score (nSPS) is 29.5. The van der Waals surface area contributed by atoms with Crippen molar-refractivity contribution in [3.05, 3.63) is 11.6 Å². The monoisotopic (exact) mass is 197 g/mol. The van der Waals surface area contributed by atoms with Gasteiger partial charge in [0.1, 0.15) is 0 Å². The molecule has 0 aliphatic carbocycles. The third-order valence-electron chi connectivity index (χ3n) is 3.06. The molecule has 0 saturated carbocycles. The van der Waals surface area contributed by atoms with E-state index in [0.717, 1.165) is 31.5 Å². The lowest BCUT2D eigenvalue weighted by molar-refractivity contribution is -0.132. The minimum atomic E-state index is -0.815. The average molecular weight is 197 g/mol. The molecule has 80 valence electrons. The first kappa shape index (κ1) is 11.2. The van der Waals surface area contributed by atoms with Crippen molar-refractivity contribution in [2.24, 2.45) is 11.8 Å². The van der Waals surface area contributed by atoms with Gasteiger partial charge in [-0.2, -0.15) is 0 Å². The molecule has 0 aromatic carbocycles. The van der Waals surface area contributed by atoms with Gasteiger partial charge < -0.3 is 5.11 Å². The van der Waals surface area contributed by atoms with Gasteiger partial charge in [-0.25, -0.2) is 4.79 Å². The molecule has 14 heavy (non-hydrogen) atoms. The third kappa shape index (κ3) is 2.84. The molecule has 2 atom stereocenters. The van der Waals surface area contributed by atoms with Crippen LogP contribution in [0.5, 0.6) is 0 Å². The number of rotatable bonds is 3. The summed E-state index contributed by atoms with van der Waals surface area (Å²) in [5.74, 6) is 0.646. The fraction of sp³-hybridized carbons (Fsp3) is 0.727. The van der Waals surface area contributed by atoms with Gasteiger partial charge in [0.2, 0.25) is 0 Å². The molecule has 1 saturated heterocycles. The summed E-state index contributed by atoms with van der Waals surface area (Å²) in [4.78, 5) is 12.9. The first-order valence-electron chi connectivity index (χ1n) is 5.13. The van der Waals surface area contributed by atoms with Gasteiger partial charge in [-0.1, -0.05) is 19.9 Å². The van der Waals surface area contributed by atoms with Crippen LogP contribution in [0.15, 0.2) is 11.6 Å². The molecule has 1 aliphatic rings. The summed E-state index contributed by atoms with van der Waals surface area (Å²) in [6, 6.07) is 0. The standard InChI is InChI=1S/C11H19NO2/c1-8(11(13)14)4-5-12-6-9(2)10(3)7-12/h4,9-10H,5-7H2,1-3H3,(H,13,14). The zero-order chi connectivity index (χ0) is 10.7. The van der Waals surface area contributed by atoms with E-state index in [1.54, 1.807) is 13.0 Å². The van der Waals surface area contributed by atoms with Crippen molar-refractivity contribution >= 4 is 5.97 Å². The van der Waals surface area contributed by atoms with E-state index in [1.807, 2.05) is 0 Å². The summed E-state index contributed by atoms with van der Waals surface area (Å²) in [5.41, 5.74) is 0.442. The minimum Gasteiger partial charge on any atom is -0.478 e. The fourth-order valence-corrected chi connectivity index (χ4v) is 1.75. The second-order valence-electron chi connectivity index (χ2n) is 4.37. The van der Waals surface area contributed by atoms with Gasteiger partial charge in [0.05, 0.1) is 0 Å². The number of carboxylic acid groups (broad SMARTS) is 1. The van der Waals surface area contributed by atoms with Crippen LogP contribution in [0.25, 0.3) is 0 Å². The number of aliphatic carboxylic acids is 1. The Morgan fingerprint density at radius 3 is 2.36 bits per heavy atom. The second kappa shape index (κ2) is 4.60. The SMILES string of the molecule is CC(=CCN1CC(C)C(C)C1)C(=O)O. The van der Waals surface area contributed by atoms with Crippen molar-refractivity contribution in [3.63, 3.8) is 0 Å². The Bertz CT molecular complexity index is 238. The fourth-order valence-electron chi connectivity index (χ4n) is 1.75. The van der Waals surface area contributed by atoms with Gasteiger partial charge >= 0.3 is 5.97 Å².